The van der Waals surface area contributed by atoms with Crippen LogP contribution in [-0.2, 0) is 11.3 Å². The fraction of sp³-hybridized carbons (Fsp3) is 0.333. The fourth-order valence-corrected chi connectivity index (χ4v) is 2.43. The summed E-state index contributed by atoms with van der Waals surface area (Å²) in [5.41, 5.74) is 0.819. The van der Waals surface area contributed by atoms with E-state index >= 15 is 0 Å². The van der Waals surface area contributed by atoms with E-state index in [0.29, 0.717) is 5.25 Å². The van der Waals surface area contributed by atoms with Crippen LogP contribution >= 0.6 is 11.8 Å². The van der Waals surface area contributed by atoms with Crippen molar-refractivity contribution in [3.8, 4) is 0 Å². The Morgan fingerprint density at radius 3 is 2.89 bits per heavy atom. The molecule has 0 aliphatic heterocycles. The summed E-state index contributed by atoms with van der Waals surface area (Å²) in [6.45, 7) is 4.34. The molecule has 0 spiro atoms. The summed E-state index contributed by atoms with van der Waals surface area (Å²) in [6, 6.07) is 7.75. The number of aromatic nitrogens is 4. The van der Waals surface area contributed by atoms with Gasteiger partial charge in [-0.25, -0.2) is 4.68 Å². The van der Waals surface area contributed by atoms with Gasteiger partial charge in [0.2, 0.25) is 5.91 Å². The van der Waals surface area contributed by atoms with Crippen LogP contribution in [0.5, 0.6) is 0 Å². The average Bonchev–Trinajstić information content (AvgIpc) is 2.83. The Morgan fingerprint density at radius 1 is 1.42 bits per heavy atom. The van der Waals surface area contributed by atoms with Crippen LogP contribution in [0.2, 0.25) is 0 Å². The fourth-order valence-electron chi connectivity index (χ4n) is 1.52. The second-order valence-electron chi connectivity index (χ2n) is 4.22. The predicted molar refractivity (Wildman–Crippen MR) is 73.9 cm³/mol. The zero-order chi connectivity index (χ0) is 13.7. The maximum absolute atomic E-state index is 11.9. The number of nitrogens with zero attached hydrogens (tertiary/aromatic N) is 4. The van der Waals surface area contributed by atoms with Crippen LogP contribution in [0.1, 0.15) is 13.8 Å². The molecule has 0 radical (unpaired) electrons. The second-order valence-corrected chi connectivity index (χ2v) is 5.84. The first-order valence-electron chi connectivity index (χ1n) is 5.91. The molecule has 100 valence electrons. The Kier molecular flexibility index (Phi) is 4.51. The molecule has 2 aromatic rings. The molecule has 1 heterocycles. The van der Waals surface area contributed by atoms with Crippen molar-refractivity contribution in [1.82, 2.24) is 20.2 Å². The second kappa shape index (κ2) is 6.33. The number of amides is 1. The number of nitrogens with one attached hydrogen (secondary N) is 1. The Bertz CT molecular complexity index is 541. The van der Waals surface area contributed by atoms with Crippen LogP contribution in [-0.4, -0.2) is 31.4 Å². The van der Waals surface area contributed by atoms with E-state index in [4.69, 9.17) is 0 Å². The first-order chi connectivity index (χ1) is 9.15. The number of thioether (sulfide) groups is 1. The summed E-state index contributed by atoms with van der Waals surface area (Å²) in [6.07, 6.45) is 1.41. The molecule has 0 atom stereocenters. The predicted octanol–water partition coefficient (Wildman–Crippen LogP) is 1.81. The summed E-state index contributed by atoms with van der Waals surface area (Å²) < 4.78 is 1.38. The lowest BCUT2D eigenvalue weighted by molar-refractivity contribution is -0.116. The van der Waals surface area contributed by atoms with E-state index in [9.17, 15) is 4.79 Å². The lowest BCUT2D eigenvalue weighted by Gasteiger charge is -2.12. The first-order valence-corrected chi connectivity index (χ1v) is 6.79. The molecule has 0 aliphatic rings. The minimum atomic E-state index is -0.149. The summed E-state index contributed by atoms with van der Waals surface area (Å²) in [5.74, 6) is -0.149. The highest BCUT2D eigenvalue weighted by atomic mass is 32.2. The minimum absolute atomic E-state index is 0.105. The largest absolute Gasteiger partial charge is 0.323 e. The van der Waals surface area contributed by atoms with Crippen LogP contribution in [0.15, 0.2) is 35.5 Å². The van der Waals surface area contributed by atoms with Crippen molar-refractivity contribution >= 4 is 23.4 Å². The van der Waals surface area contributed by atoms with Gasteiger partial charge in [-0.05, 0) is 22.6 Å². The van der Waals surface area contributed by atoms with Crippen molar-refractivity contribution in [2.75, 3.05) is 5.32 Å². The Hall–Kier alpha value is -1.89. The SMILES string of the molecule is CC(C)Sc1ccccc1NC(=O)Cn1cnnn1. The first kappa shape index (κ1) is 13.5. The third kappa shape index (κ3) is 4.06. The van der Waals surface area contributed by atoms with E-state index in [-0.39, 0.29) is 12.5 Å². The molecule has 6 nitrogen and oxygen atoms in total. The summed E-state index contributed by atoms with van der Waals surface area (Å²) in [4.78, 5) is 12.9. The maximum atomic E-state index is 11.9. The number of anilines is 1. The molecule has 0 saturated heterocycles. The van der Waals surface area contributed by atoms with Crippen molar-refractivity contribution in [3.05, 3.63) is 30.6 Å². The quantitative estimate of drug-likeness (QED) is 0.844. The smallest absolute Gasteiger partial charge is 0.246 e. The van der Waals surface area contributed by atoms with Crippen molar-refractivity contribution in [3.63, 3.8) is 0 Å². The topological polar surface area (TPSA) is 72.7 Å². The number of carbonyl (C=O) groups is 1. The lowest BCUT2D eigenvalue weighted by atomic mass is 10.3. The molecular weight excluding hydrogens is 262 g/mol. The molecule has 0 saturated carbocycles. The van der Waals surface area contributed by atoms with E-state index in [2.05, 4.69) is 34.7 Å². The molecule has 0 aliphatic carbocycles. The molecule has 1 aromatic carbocycles. The van der Waals surface area contributed by atoms with Crippen molar-refractivity contribution in [2.24, 2.45) is 0 Å². The molecule has 19 heavy (non-hydrogen) atoms. The van der Waals surface area contributed by atoms with Crippen molar-refractivity contribution < 1.29 is 4.79 Å². The van der Waals surface area contributed by atoms with Gasteiger partial charge in [0.25, 0.3) is 0 Å². The Labute approximate surface area is 115 Å². The van der Waals surface area contributed by atoms with Gasteiger partial charge >= 0.3 is 0 Å². The normalized spacial score (nSPS) is 10.7. The Balaban J connectivity index is 2.04. The van der Waals surface area contributed by atoms with Crippen molar-refractivity contribution in [2.45, 2.75) is 30.5 Å². The van der Waals surface area contributed by atoms with Crippen LogP contribution in [0.25, 0.3) is 0 Å². The van der Waals surface area contributed by atoms with E-state index in [1.54, 1.807) is 11.8 Å². The molecule has 1 aromatic heterocycles. The zero-order valence-electron chi connectivity index (χ0n) is 10.8. The summed E-state index contributed by atoms with van der Waals surface area (Å²) >= 11 is 1.71. The van der Waals surface area contributed by atoms with E-state index < -0.39 is 0 Å². The number of para-hydroxylation sites is 1. The standard InChI is InChI=1S/C12H15N5OS/c1-9(2)19-11-6-4-3-5-10(11)14-12(18)7-17-8-13-15-16-17/h3-6,8-9H,7H2,1-2H3,(H,14,18). The van der Waals surface area contributed by atoms with Crippen LogP contribution in [0.4, 0.5) is 5.69 Å². The number of benzene rings is 1. The van der Waals surface area contributed by atoms with Gasteiger partial charge in [-0.2, -0.15) is 0 Å². The number of rotatable bonds is 5. The lowest BCUT2D eigenvalue weighted by Crippen LogP contribution is -2.19. The van der Waals surface area contributed by atoms with Gasteiger partial charge in [-0.15, -0.1) is 16.9 Å². The van der Waals surface area contributed by atoms with E-state index in [0.717, 1.165) is 10.6 Å². The third-order valence-electron chi connectivity index (χ3n) is 2.22. The van der Waals surface area contributed by atoms with E-state index in [1.165, 1.54) is 11.0 Å². The summed E-state index contributed by atoms with van der Waals surface area (Å²) in [5, 5.41) is 14.0. The molecule has 7 heteroatoms. The van der Waals surface area contributed by atoms with Gasteiger partial charge in [0.1, 0.15) is 12.9 Å². The van der Waals surface area contributed by atoms with Gasteiger partial charge in [-0.1, -0.05) is 26.0 Å². The van der Waals surface area contributed by atoms with Gasteiger partial charge in [-0.3, -0.25) is 4.79 Å². The van der Waals surface area contributed by atoms with Gasteiger partial charge < -0.3 is 5.32 Å². The molecule has 0 fully saturated rings. The number of hydrogen-bond acceptors (Lipinski definition) is 5. The van der Waals surface area contributed by atoms with Gasteiger partial charge in [0, 0.05) is 10.1 Å². The highest BCUT2D eigenvalue weighted by molar-refractivity contribution is 8.00. The summed E-state index contributed by atoms with van der Waals surface area (Å²) in [7, 11) is 0. The van der Waals surface area contributed by atoms with Crippen LogP contribution in [0.3, 0.4) is 0 Å². The monoisotopic (exact) mass is 277 g/mol. The molecule has 0 bridgehead atoms. The number of hydrogen-bond donors (Lipinski definition) is 1. The third-order valence-corrected chi connectivity index (χ3v) is 3.30. The van der Waals surface area contributed by atoms with Gasteiger partial charge in [0.05, 0.1) is 5.69 Å². The van der Waals surface area contributed by atoms with Gasteiger partial charge in [0.15, 0.2) is 0 Å². The molecule has 0 unspecified atom stereocenters. The highest BCUT2D eigenvalue weighted by Crippen LogP contribution is 2.29. The van der Waals surface area contributed by atoms with E-state index in [1.807, 2.05) is 24.3 Å². The number of carbonyl (C=O) groups excluding carboxylic acids is 1. The van der Waals surface area contributed by atoms with Crippen LogP contribution in [0, 0.1) is 0 Å². The average molecular weight is 277 g/mol. The number of tetrazole rings is 1. The maximum Gasteiger partial charge on any atom is 0.246 e. The highest BCUT2D eigenvalue weighted by Gasteiger charge is 2.09. The molecule has 1 amide bonds. The molecular formula is C12H15N5OS. The molecule has 2 rings (SSSR count). The van der Waals surface area contributed by atoms with Crippen LogP contribution < -0.4 is 5.32 Å². The Morgan fingerprint density at radius 2 is 2.21 bits per heavy atom. The zero-order valence-corrected chi connectivity index (χ0v) is 11.6. The molecule has 1 N–H and O–H groups in total. The minimum Gasteiger partial charge on any atom is -0.323 e. The van der Waals surface area contributed by atoms with Crippen molar-refractivity contribution in [1.29, 1.82) is 0 Å².